The van der Waals surface area contributed by atoms with E-state index < -0.39 is 5.97 Å². The zero-order chi connectivity index (χ0) is 14.5. The summed E-state index contributed by atoms with van der Waals surface area (Å²) in [7, 11) is 0. The van der Waals surface area contributed by atoms with Crippen LogP contribution in [0.3, 0.4) is 0 Å². The van der Waals surface area contributed by atoms with E-state index in [1.165, 1.54) is 9.75 Å². The van der Waals surface area contributed by atoms with Crippen molar-refractivity contribution in [1.82, 2.24) is 5.32 Å². The summed E-state index contributed by atoms with van der Waals surface area (Å²) < 4.78 is 0. The largest absolute Gasteiger partial charge is 0.478 e. The molecule has 4 heteroatoms. The molecule has 1 atom stereocenters. The lowest BCUT2D eigenvalue weighted by Gasteiger charge is -2.14. The summed E-state index contributed by atoms with van der Waals surface area (Å²) in [6.45, 7) is 4.81. The fraction of sp³-hybridized carbons (Fsp3) is 0.312. The Kier molecular flexibility index (Phi) is 4.93. The highest BCUT2D eigenvalue weighted by Gasteiger charge is 2.10. The molecule has 0 spiro atoms. The Morgan fingerprint density at radius 1 is 1.30 bits per heavy atom. The lowest BCUT2D eigenvalue weighted by atomic mass is 10.1. The quantitative estimate of drug-likeness (QED) is 0.856. The van der Waals surface area contributed by atoms with Gasteiger partial charge in [0.2, 0.25) is 0 Å². The van der Waals surface area contributed by atoms with E-state index in [0.29, 0.717) is 18.2 Å². The fourth-order valence-electron chi connectivity index (χ4n) is 2.14. The average molecular weight is 289 g/mol. The fourth-order valence-corrected chi connectivity index (χ4v) is 3.16. The van der Waals surface area contributed by atoms with Gasteiger partial charge >= 0.3 is 5.97 Å². The van der Waals surface area contributed by atoms with Crippen LogP contribution in [-0.4, -0.2) is 17.1 Å². The molecule has 0 aliphatic heterocycles. The second-order valence-corrected chi connectivity index (χ2v) is 6.33. The van der Waals surface area contributed by atoms with Gasteiger partial charge in [-0.3, -0.25) is 0 Å². The van der Waals surface area contributed by atoms with E-state index in [0.717, 1.165) is 12.0 Å². The molecule has 1 heterocycles. The van der Waals surface area contributed by atoms with Crippen LogP contribution in [-0.2, 0) is 13.0 Å². The van der Waals surface area contributed by atoms with Gasteiger partial charge in [0, 0.05) is 22.3 Å². The van der Waals surface area contributed by atoms with Gasteiger partial charge in [0.05, 0.1) is 5.56 Å². The Morgan fingerprint density at radius 2 is 2.05 bits per heavy atom. The first-order chi connectivity index (χ1) is 9.56. The molecule has 0 aliphatic rings. The van der Waals surface area contributed by atoms with Crippen LogP contribution in [0.5, 0.6) is 0 Å². The molecule has 0 saturated carbocycles. The van der Waals surface area contributed by atoms with Crippen LogP contribution in [0.2, 0.25) is 0 Å². The molecule has 1 unspecified atom stereocenters. The van der Waals surface area contributed by atoms with E-state index in [-0.39, 0.29) is 0 Å². The average Bonchev–Trinajstić information content (AvgIpc) is 2.82. The van der Waals surface area contributed by atoms with Crippen molar-refractivity contribution in [3.8, 4) is 0 Å². The second kappa shape index (κ2) is 6.68. The number of hydrogen-bond donors (Lipinski definition) is 2. The van der Waals surface area contributed by atoms with Crippen molar-refractivity contribution in [2.75, 3.05) is 0 Å². The maximum atomic E-state index is 11.1. The predicted octanol–water partition coefficient (Wildman–Crippen LogP) is 3.48. The van der Waals surface area contributed by atoms with Gasteiger partial charge in [-0.25, -0.2) is 4.79 Å². The number of aryl methyl sites for hydroxylation is 1. The molecule has 0 amide bonds. The molecule has 3 nitrogen and oxygen atoms in total. The van der Waals surface area contributed by atoms with E-state index in [1.807, 2.05) is 23.5 Å². The van der Waals surface area contributed by atoms with Gasteiger partial charge in [-0.1, -0.05) is 18.2 Å². The lowest BCUT2D eigenvalue weighted by Crippen LogP contribution is -2.28. The minimum Gasteiger partial charge on any atom is -0.478 e. The van der Waals surface area contributed by atoms with Crippen molar-refractivity contribution in [1.29, 1.82) is 0 Å². The van der Waals surface area contributed by atoms with Crippen LogP contribution in [0.4, 0.5) is 0 Å². The first kappa shape index (κ1) is 14.8. The van der Waals surface area contributed by atoms with E-state index in [1.54, 1.807) is 12.1 Å². The molecule has 0 aliphatic carbocycles. The highest BCUT2D eigenvalue weighted by atomic mass is 32.1. The Morgan fingerprint density at radius 3 is 2.70 bits per heavy atom. The molecule has 1 aromatic carbocycles. The van der Waals surface area contributed by atoms with Crippen LogP contribution in [0, 0.1) is 6.92 Å². The zero-order valence-corrected chi connectivity index (χ0v) is 12.5. The van der Waals surface area contributed by atoms with Crippen molar-refractivity contribution < 1.29 is 9.90 Å². The smallest absolute Gasteiger partial charge is 0.336 e. The van der Waals surface area contributed by atoms with Crippen molar-refractivity contribution in [3.63, 3.8) is 0 Å². The molecule has 1 aromatic heterocycles. The van der Waals surface area contributed by atoms with Gasteiger partial charge < -0.3 is 10.4 Å². The van der Waals surface area contributed by atoms with E-state index in [2.05, 4.69) is 31.3 Å². The van der Waals surface area contributed by atoms with Crippen molar-refractivity contribution in [2.24, 2.45) is 0 Å². The number of benzene rings is 1. The molecule has 106 valence electrons. The first-order valence-electron chi connectivity index (χ1n) is 6.66. The van der Waals surface area contributed by atoms with Gasteiger partial charge in [-0.15, -0.1) is 11.3 Å². The van der Waals surface area contributed by atoms with Crippen LogP contribution in [0.1, 0.15) is 32.6 Å². The third kappa shape index (κ3) is 3.92. The molecular formula is C16H19NO2S. The summed E-state index contributed by atoms with van der Waals surface area (Å²) in [4.78, 5) is 13.8. The van der Waals surface area contributed by atoms with Crippen LogP contribution in [0.25, 0.3) is 0 Å². The van der Waals surface area contributed by atoms with Gasteiger partial charge in [0.1, 0.15) is 0 Å². The summed E-state index contributed by atoms with van der Waals surface area (Å²) in [6, 6.07) is 11.7. The number of aromatic carboxylic acids is 1. The van der Waals surface area contributed by atoms with Gasteiger partial charge in [-0.05, 0) is 44.0 Å². The summed E-state index contributed by atoms with van der Waals surface area (Å²) >= 11 is 1.81. The maximum absolute atomic E-state index is 11.1. The lowest BCUT2D eigenvalue weighted by molar-refractivity contribution is 0.0695. The molecule has 0 fully saturated rings. The van der Waals surface area contributed by atoms with Crippen molar-refractivity contribution >= 4 is 17.3 Å². The molecule has 0 radical (unpaired) electrons. The molecule has 0 bridgehead atoms. The normalized spacial score (nSPS) is 12.3. The van der Waals surface area contributed by atoms with Crippen LogP contribution < -0.4 is 5.32 Å². The number of carboxylic acid groups (broad SMARTS) is 1. The zero-order valence-electron chi connectivity index (χ0n) is 11.7. The van der Waals surface area contributed by atoms with Crippen molar-refractivity contribution in [2.45, 2.75) is 32.9 Å². The highest BCUT2D eigenvalue weighted by Crippen LogP contribution is 2.17. The molecule has 2 aromatic rings. The van der Waals surface area contributed by atoms with Crippen LogP contribution in [0.15, 0.2) is 36.4 Å². The molecule has 0 saturated heterocycles. The Hall–Kier alpha value is -1.65. The first-order valence-corrected chi connectivity index (χ1v) is 7.48. The Labute approximate surface area is 123 Å². The van der Waals surface area contributed by atoms with Crippen molar-refractivity contribution in [3.05, 3.63) is 57.3 Å². The number of carboxylic acids is 1. The summed E-state index contributed by atoms with van der Waals surface area (Å²) in [6.07, 6.45) is 0.966. The van der Waals surface area contributed by atoms with E-state index in [9.17, 15) is 4.79 Å². The SMILES string of the molecule is Cc1ccc(CC(C)NCc2ccccc2C(=O)O)s1. The molecule has 2 rings (SSSR count). The van der Waals surface area contributed by atoms with E-state index >= 15 is 0 Å². The number of hydrogen-bond acceptors (Lipinski definition) is 3. The monoisotopic (exact) mass is 289 g/mol. The Bertz CT molecular complexity index is 592. The highest BCUT2D eigenvalue weighted by molar-refractivity contribution is 7.11. The van der Waals surface area contributed by atoms with E-state index in [4.69, 9.17) is 5.11 Å². The summed E-state index contributed by atoms with van der Waals surface area (Å²) in [5.74, 6) is -0.871. The molecular weight excluding hydrogens is 270 g/mol. The van der Waals surface area contributed by atoms with Crippen LogP contribution >= 0.6 is 11.3 Å². The molecule has 2 N–H and O–H groups in total. The third-order valence-corrected chi connectivity index (χ3v) is 4.22. The van der Waals surface area contributed by atoms with Gasteiger partial charge in [0.15, 0.2) is 0 Å². The standard InChI is InChI=1S/C16H19NO2S/c1-11(9-14-8-7-12(2)20-14)17-10-13-5-3-4-6-15(13)16(18)19/h3-8,11,17H,9-10H2,1-2H3,(H,18,19). The molecule has 20 heavy (non-hydrogen) atoms. The number of thiophene rings is 1. The van der Waals surface area contributed by atoms with Gasteiger partial charge in [0.25, 0.3) is 0 Å². The predicted molar refractivity (Wildman–Crippen MR) is 82.5 cm³/mol. The third-order valence-electron chi connectivity index (χ3n) is 3.19. The topological polar surface area (TPSA) is 49.3 Å². The minimum atomic E-state index is -0.871. The minimum absolute atomic E-state index is 0.315. The second-order valence-electron chi connectivity index (χ2n) is 4.96. The Balaban J connectivity index is 1.93. The summed E-state index contributed by atoms with van der Waals surface area (Å²) in [5.41, 5.74) is 1.20. The van der Waals surface area contributed by atoms with Gasteiger partial charge in [-0.2, -0.15) is 0 Å². The maximum Gasteiger partial charge on any atom is 0.336 e. The number of carbonyl (C=O) groups is 1. The number of nitrogens with one attached hydrogen (secondary N) is 1. The summed E-state index contributed by atoms with van der Waals surface area (Å²) in [5, 5.41) is 12.5. The number of rotatable bonds is 6.